The fraction of sp³-hybridized carbons (Fsp3) is 0. The standard InChI is InChI=1S/C6H4S2.2C4H4S/c1-3-7-6-2-4-8-5(1)6;2*1-2-4-5-3-1/h1-4H;2*1-4H. The molecule has 0 nitrogen and oxygen atoms in total. The second kappa shape index (κ2) is 8.21. The summed E-state index contributed by atoms with van der Waals surface area (Å²) in [5.74, 6) is 0. The molecule has 4 rings (SSSR count). The Morgan fingerprint density at radius 1 is 0.500 bits per heavy atom. The second-order valence-corrected chi connectivity index (χ2v) is 6.68. The summed E-state index contributed by atoms with van der Waals surface area (Å²) in [7, 11) is 0. The van der Waals surface area contributed by atoms with Crippen LogP contribution < -0.4 is 0 Å². The van der Waals surface area contributed by atoms with E-state index in [1.807, 2.05) is 45.8 Å². The third-order valence-corrected chi connectivity index (χ3v) is 5.07. The van der Waals surface area contributed by atoms with Gasteiger partial charge < -0.3 is 0 Å². The molecule has 4 heterocycles. The summed E-state index contributed by atoms with van der Waals surface area (Å²) in [5, 5.41) is 12.4. The van der Waals surface area contributed by atoms with Crippen molar-refractivity contribution in [1.29, 1.82) is 0 Å². The maximum absolute atomic E-state index is 2.16. The van der Waals surface area contributed by atoms with E-state index in [0.29, 0.717) is 0 Å². The Morgan fingerprint density at radius 3 is 1.17 bits per heavy atom. The lowest BCUT2D eigenvalue weighted by atomic mass is 10.5. The summed E-state index contributed by atoms with van der Waals surface area (Å²) in [4.78, 5) is 0. The smallest absolute Gasteiger partial charge is 0.0450 e. The van der Waals surface area contributed by atoms with Crippen molar-refractivity contribution in [1.82, 2.24) is 0 Å². The minimum atomic E-state index is 1.41. The molecule has 0 saturated carbocycles. The molecule has 0 N–H and O–H groups in total. The van der Waals surface area contributed by atoms with Crippen molar-refractivity contribution < 1.29 is 0 Å². The molecular weight excluding hydrogens is 296 g/mol. The van der Waals surface area contributed by atoms with Gasteiger partial charge in [0.1, 0.15) is 0 Å². The zero-order valence-electron chi connectivity index (χ0n) is 9.56. The highest BCUT2D eigenvalue weighted by Crippen LogP contribution is 2.25. The molecule has 0 fully saturated rings. The maximum Gasteiger partial charge on any atom is 0.0450 e. The molecule has 0 unspecified atom stereocenters. The molecule has 0 atom stereocenters. The van der Waals surface area contributed by atoms with Crippen LogP contribution >= 0.6 is 45.3 Å². The molecule has 0 aliphatic rings. The van der Waals surface area contributed by atoms with Crippen LogP contribution in [0.25, 0.3) is 9.40 Å². The molecule has 4 aromatic heterocycles. The van der Waals surface area contributed by atoms with Crippen molar-refractivity contribution in [2.45, 2.75) is 0 Å². The van der Waals surface area contributed by atoms with Crippen molar-refractivity contribution in [2.24, 2.45) is 0 Å². The highest BCUT2D eigenvalue weighted by molar-refractivity contribution is 7.25. The van der Waals surface area contributed by atoms with E-state index in [0.717, 1.165) is 0 Å². The molecule has 0 aliphatic heterocycles. The summed E-state index contributed by atoms with van der Waals surface area (Å²) in [5.41, 5.74) is 0. The van der Waals surface area contributed by atoms with Gasteiger partial charge in [-0.2, -0.15) is 22.7 Å². The van der Waals surface area contributed by atoms with Crippen molar-refractivity contribution in [3.63, 3.8) is 0 Å². The van der Waals surface area contributed by atoms with E-state index in [1.54, 1.807) is 45.3 Å². The largest absolute Gasteiger partial charge is 0.152 e. The van der Waals surface area contributed by atoms with E-state index in [2.05, 4.69) is 22.9 Å². The SMILES string of the molecule is c1cc2sccc2s1.c1ccsc1.c1ccsc1. The Morgan fingerprint density at radius 2 is 0.889 bits per heavy atom. The summed E-state index contributed by atoms with van der Waals surface area (Å²) < 4.78 is 2.82. The van der Waals surface area contributed by atoms with Gasteiger partial charge in [0.25, 0.3) is 0 Å². The number of hydrogen-bond donors (Lipinski definition) is 0. The van der Waals surface area contributed by atoms with Gasteiger partial charge in [-0.15, -0.1) is 22.7 Å². The van der Waals surface area contributed by atoms with Gasteiger partial charge in [0.05, 0.1) is 0 Å². The topological polar surface area (TPSA) is 0 Å². The van der Waals surface area contributed by atoms with Crippen LogP contribution in [0.4, 0.5) is 0 Å². The van der Waals surface area contributed by atoms with Gasteiger partial charge in [-0.05, 0) is 44.4 Å². The van der Waals surface area contributed by atoms with Crippen molar-refractivity contribution >= 4 is 54.7 Å². The Labute approximate surface area is 123 Å². The Bertz CT molecular complexity index is 487. The van der Waals surface area contributed by atoms with Crippen LogP contribution in [0.3, 0.4) is 0 Å². The molecule has 0 spiro atoms. The predicted molar refractivity (Wildman–Crippen MR) is 88.3 cm³/mol. The average Bonchev–Trinajstić information content (AvgIpc) is 3.18. The van der Waals surface area contributed by atoms with Crippen LogP contribution in [-0.2, 0) is 0 Å². The first-order valence-electron chi connectivity index (χ1n) is 5.32. The number of rotatable bonds is 0. The molecule has 4 aromatic rings. The normalized spacial score (nSPS) is 9.11. The quantitative estimate of drug-likeness (QED) is 0.350. The lowest BCUT2D eigenvalue weighted by Gasteiger charge is -1.63. The van der Waals surface area contributed by atoms with Crippen LogP contribution in [0.2, 0.25) is 0 Å². The number of thiophene rings is 4. The highest BCUT2D eigenvalue weighted by Gasteiger charge is 1.90. The Hall–Kier alpha value is -0.940. The molecular formula is C14H12S4. The minimum absolute atomic E-state index is 1.41. The van der Waals surface area contributed by atoms with Crippen molar-refractivity contribution in [2.75, 3.05) is 0 Å². The Balaban J connectivity index is 0.000000106. The van der Waals surface area contributed by atoms with Crippen LogP contribution in [0.5, 0.6) is 0 Å². The van der Waals surface area contributed by atoms with Gasteiger partial charge in [-0.3, -0.25) is 0 Å². The zero-order chi connectivity index (χ0) is 12.5. The maximum atomic E-state index is 2.16. The zero-order valence-corrected chi connectivity index (χ0v) is 12.8. The van der Waals surface area contributed by atoms with Crippen molar-refractivity contribution in [3.8, 4) is 0 Å². The third-order valence-electron chi connectivity index (χ3n) is 1.92. The summed E-state index contributed by atoms with van der Waals surface area (Å²) in [6.45, 7) is 0. The lowest BCUT2D eigenvalue weighted by Crippen LogP contribution is -1.33. The molecule has 0 saturated heterocycles. The van der Waals surface area contributed by atoms with Gasteiger partial charge in [-0.1, -0.05) is 24.3 Å². The molecule has 0 bridgehead atoms. The van der Waals surface area contributed by atoms with Gasteiger partial charge in [0, 0.05) is 9.40 Å². The first-order chi connectivity index (χ1) is 8.97. The van der Waals surface area contributed by atoms with E-state index in [4.69, 9.17) is 0 Å². The highest BCUT2D eigenvalue weighted by atomic mass is 32.1. The molecule has 18 heavy (non-hydrogen) atoms. The molecule has 0 aliphatic carbocycles. The van der Waals surface area contributed by atoms with Crippen LogP contribution in [0.15, 0.2) is 68.7 Å². The molecule has 4 heteroatoms. The average molecular weight is 309 g/mol. The van der Waals surface area contributed by atoms with Crippen LogP contribution in [0.1, 0.15) is 0 Å². The van der Waals surface area contributed by atoms with Crippen molar-refractivity contribution in [3.05, 3.63) is 68.7 Å². The fourth-order valence-corrected chi connectivity index (χ4v) is 3.88. The second-order valence-electron chi connectivity index (χ2n) is 3.16. The lowest BCUT2D eigenvalue weighted by molar-refractivity contribution is 2.03. The Kier molecular flexibility index (Phi) is 6.16. The molecule has 0 amide bonds. The van der Waals surface area contributed by atoms with Gasteiger partial charge in [-0.25, -0.2) is 0 Å². The first kappa shape index (κ1) is 13.5. The van der Waals surface area contributed by atoms with Gasteiger partial charge in [0.2, 0.25) is 0 Å². The summed E-state index contributed by atoms with van der Waals surface area (Å²) >= 11 is 7.03. The van der Waals surface area contributed by atoms with E-state index < -0.39 is 0 Å². The monoisotopic (exact) mass is 308 g/mol. The minimum Gasteiger partial charge on any atom is -0.152 e. The van der Waals surface area contributed by atoms with Gasteiger partial charge >= 0.3 is 0 Å². The third kappa shape index (κ3) is 4.74. The fourth-order valence-electron chi connectivity index (χ4n) is 1.15. The number of hydrogen-bond acceptors (Lipinski definition) is 4. The van der Waals surface area contributed by atoms with Crippen LogP contribution in [0, 0.1) is 0 Å². The summed E-state index contributed by atoms with van der Waals surface area (Å²) in [6, 6.07) is 12.4. The predicted octanol–water partition coefficient (Wildman–Crippen LogP) is 6.46. The van der Waals surface area contributed by atoms with E-state index >= 15 is 0 Å². The number of fused-ring (bicyclic) bond motifs is 1. The molecule has 0 radical (unpaired) electrons. The summed E-state index contributed by atoms with van der Waals surface area (Å²) in [6.07, 6.45) is 0. The molecule has 92 valence electrons. The molecule has 0 aromatic carbocycles. The van der Waals surface area contributed by atoms with E-state index in [-0.39, 0.29) is 0 Å². The van der Waals surface area contributed by atoms with Crippen LogP contribution in [-0.4, -0.2) is 0 Å². The first-order valence-corrected chi connectivity index (χ1v) is 8.96. The van der Waals surface area contributed by atoms with E-state index in [1.165, 1.54) is 9.40 Å². The van der Waals surface area contributed by atoms with Gasteiger partial charge in [0.15, 0.2) is 0 Å². The van der Waals surface area contributed by atoms with E-state index in [9.17, 15) is 0 Å².